The van der Waals surface area contributed by atoms with Crippen LogP contribution in [0.15, 0.2) is 266 Å². The Morgan fingerprint density at radius 2 is 0.958 bits per heavy atom. The van der Waals surface area contributed by atoms with Crippen molar-refractivity contribution in [3.63, 3.8) is 0 Å². The number of aryl methyl sites for hydroxylation is 1. The van der Waals surface area contributed by atoms with Gasteiger partial charge in [-0.2, -0.15) is 0 Å². The first-order chi connectivity index (χ1) is 35.1. The molecule has 71 heavy (non-hydrogen) atoms. The number of fused-ring (bicyclic) bond motifs is 11. The van der Waals surface area contributed by atoms with E-state index in [4.69, 9.17) is 0 Å². The summed E-state index contributed by atoms with van der Waals surface area (Å²) in [5.41, 5.74) is 20.3. The third-order valence-corrected chi connectivity index (χ3v) is 16.7. The van der Waals surface area contributed by atoms with Gasteiger partial charge in [-0.1, -0.05) is 217 Å². The van der Waals surface area contributed by atoms with Gasteiger partial charge in [-0.05, 0) is 142 Å². The van der Waals surface area contributed by atoms with Crippen molar-refractivity contribution in [3.05, 3.63) is 310 Å². The van der Waals surface area contributed by atoms with Crippen molar-refractivity contribution in [1.82, 2.24) is 0 Å². The van der Waals surface area contributed by atoms with E-state index in [1.165, 1.54) is 92.5 Å². The van der Waals surface area contributed by atoms with Gasteiger partial charge >= 0.3 is 0 Å². The summed E-state index contributed by atoms with van der Waals surface area (Å²) >= 11 is 1.86. The molecule has 1 heterocycles. The Morgan fingerprint density at radius 1 is 0.437 bits per heavy atom. The van der Waals surface area contributed by atoms with Crippen LogP contribution in [0.1, 0.15) is 70.2 Å². The first-order valence-corrected chi connectivity index (χ1v) is 26.0. The van der Waals surface area contributed by atoms with Crippen molar-refractivity contribution in [2.24, 2.45) is 0 Å². The fraction of sp³-hybridized carbons (Fsp3) is 0.101. The first-order valence-electron chi connectivity index (χ1n) is 25.2. The molecule has 2 heteroatoms. The Bertz CT molecular complexity index is 3660. The van der Waals surface area contributed by atoms with Gasteiger partial charge in [0.2, 0.25) is 0 Å². The average Bonchev–Trinajstić information content (AvgIpc) is 3.97. The molecule has 0 aliphatic heterocycles. The molecule has 0 atom stereocenters. The van der Waals surface area contributed by atoms with E-state index >= 15 is 0 Å². The molecule has 0 unspecified atom stereocenters. The van der Waals surface area contributed by atoms with Crippen LogP contribution in [0.2, 0.25) is 0 Å². The van der Waals surface area contributed by atoms with E-state index in [9.17, 15) is 0 Å². The van der Waals surface area contributed by atoms with Gasteiger partial charge in [0.15, 0.2) is 0 Å². The molecule has 0 bridgehead atoms. The molecule has 14 rings (SSSR count). The number of hydrogen-bond donors (Lipinski definition) is 0. The van der Waals surface area contributed by atoms with Gasteiger partial charge in [-0.3, -0.25) is 0 Å². The average molecular weight is 928 g/mol. The van der Waals surface area contributed by atoms with Gasteiger partial charge in [0, 0.05) is 37.2 Å². The Morgan fingerprint density at radius 3 is 1.58 bits per heavy atom. The van der Waals surface area contributed by atoms with Crippen LogP contribution in [0.4, 0.5) is 17.1 Å². The molecule has 0 N–H and O–H groups in total. The van der Waals surface area contributed by atoms with Crippen LogP contribution >= 0.6 is 11.3 Å². The molecule has 9 aromatic carbocycles. The van der Waals surface area contributed by atoms with Gasteiger partial charge < -0.3 is 4.90 Å². The minimum Gasteiger partial charge on any atom is -0.310 e. The maximum Gasteiger partial charge on any atom is 0.0683 e. The number of hydrogen-bond acceptors (Lipinski definition) is 2. The monoisotopic (exact) mass is 927 g/mol. The minimum absolute atomic E-state index is 0.426. The van der Waals surface area contributed by atoms with Gasteiger partial charge in [-0.25, -0.2) is 0 Å². The van der Waals surface area contributed by atoms with E-state index in [0.29, 0.717) is 0 Å². The van der Waals surface area contributed by atoms with Gasteiger partial charge in [0.05, 0.1) is 10.8 Å². The summed E-state index contributed by atoms with van der Waals surface area (Å²) in [7, 11) is 0. The number of nitrogens with zero attached hydrogens (tertiary/aromatic N) is 1. The van der Waals surface area contributed by atoms with Crippen molar-refractivity contribution >= 4 is 54.1 Å². The molecule has 1 nitrogen and oxygen atoms in total. The number of rotatable bonds is 6. The van der Waals surface area contributed by atoms with Crippen molar-refractivity contribution in [3.8, 4) is 11.1 Å². The van der Waals surface area contributed by atoms with Crippen molar-refractivity contribution in [2.45, 2.75) is 43.4 Å². The molecule has 1 aromatic heterocycles. The van der Waals surface area contributed by atoms with E-state index < -0.39 is 10.8 Å². The Kier molecular flexibility index (Phi) is 10.7. The Balaban J connectivity index is 0.000000325. The lowest BCUT2D eigenvalue weighted by Crippen LogP contribution is -2.45. The summed E-state index contributed by atoms with van der Waals surface area (Å²) in [6, 6.07) is 83.5. The molecule has 10 aromatic rings. The largest absolute Gasteiger partial charge is 0.310 e. The summed E-state index contributed by atoms with van der Waals surface area (Å²) in [6.45, 7) is 2.17. The van der Waals surface area contributed by atoms with Crippen LogP contribution in [0.5, 0.6) is 0 Å². The summed E-state index contributed by atoms with van der Waals surface area (Å²) in [6.07, 6.45) is 15.9. The first kappa shape index (κ1) is 43.0. The zero-order valence-electron chi connectivity index (χ0n) is 39.9. The number of thiophene rings is 1. The molecule has 340 valence electrons. The highest BCUT2D eigenvalue weighted by atomic mass is 32.1. The molecule has 0 radical (unpaired) electrons. The fourth-order valence-electron chi connectivity index (χ4n) is 12.6. The zero-order chi connectivity index (χ0) is 47.4. The van der Waals surface area contributed by atoms with E-state index in [1.807, 2.05) is 11.3 Å². The van der Waals surface area contributed by atoms with E-state index in [2.05, 4.69) is 267 Å². The lowest BCUT2D eigenvalue weighted by atomic mass is 9.50. The third-order valence-electron chi connectivity index (χ3n) is 15.6. The van der Waals surface area contributed by atoms with E-state index in [0.717, 1.165) is 42.7 Å². The maximum atomic E-state index is 2.54. The third kappa shape index (κ3) is 6.88. The van der Waals surface area contributed by atoms with Gasteiger partial charge in [0.25, 0.3) is 0 Å². The van der Waals surface area contributed by atoms with Crippen LogP contribution in [-0.4, -0.2) is 0 Å². The topological polar surface area (TPSA) is 3.24 Å². The summed E-state index contributed by atoms with van der Waals surface area (Å²) in [4.78, 5) is 2.45. The van der Waals surface area contributed by atoms with E-state index in [-0.39, 0.29) is 0 Å². The van der Waals surface area contributed by atoms with Crippen molar-refractivity contribution in [1.29, 1.82) is 0 Å². The number of anilines is 3. The number of allylic oxidation sites excluding steroid dienone is 8. The number of benzene rings is 9. The van der Waals surface area contributed by atoms with Crippen LogP contribution in [0.3, 0.4) is 0 Å². The second kappa shape index (κ2) is 17.7. The fourth-order valence-corrected chi connectivity index (χ4v) is 13.7. The molecule has 4 aliphatic rings. The Labute approximate surface area is 421 Å². The van der Waals surface area contributed by atoms with Crippen LogP contribution in [0.25, 0.3) is 36.9 Å². The van der Waals surface area contributed by atoms with Gasteiger partial charge in [-0.15, -0.1) is 11.3 Å². The molecule has 0 saturated heterocycles. The SMILES string of the molecule is Cc1ccc(N(c2ccc(-c3ccccc3)cc2)c2ccc3c(c2)C2(C4=C3C=CCC4)c3ccccc3C(C3=CC=CCC3)(c3ccccc3)c3ccccc32)cc1.c1ccc2c(c1)sc1ccccc12. The lowest BCUT2D eigenvalue weighted by molar-refractivity contribution is 0.578. The smallest absolute Gasteiger partial charge is 0.0683 e. The minimum atomic E-state index is -0.460. The van der Waals surface area contributed by atoms with Crippen LogP contribution < -0.4 is 4.90 Å². The van der Waals surface area contributed by atoms with Gasteiger partial charge in [0.1, 0.15) is 0 Å². The highest BCUT2D eigenvalue weighted by Crippen LogP contribution is 2.66. The van der Waals surface area contributed by atoms with E-state index in [1.54, 1.807) is 0 Å². The molecular weight excluding hydrogens is 875 g/mol. The summed E-state index contributed by atoms with van der Waals surface area (Å²) in [5.74, 6) is 0. The molecular formula is C69H53NS. The quantitative estimate of drug-likeness (QED) is 0.161. The lowest BCUT2D eigenvalue weighted by Gasteiger charge is -2.51. The van der Waals surface area contributed by atoms with Crippen molar-refractivity contribution in [2.75, 3.05) is 4.90 Å². The highest BCUT2D eigenvalue weighted by Gasteiger charge is 2.57. The summed E-state index contributed by atoms with van der Waals surface area (Å²) < 4.78 is 2.76. The second-order valence-corrected chi connectivity index (χ2v) is 20.4. The molecule has 1 spiro atoms. The molecule has 4 aliphatic carbocycles. The van der Waals surface area contributed by atoms with Crippen LogP contribution in [0, 0.1) is 6.92 Å². The summed E-state index contributed by atoms with van der Waals surface area (Å²) in [5, 5.41) is 2.76. The standard InChI is InChI=1S/C57H45N.C12H8S/c1-40-29-33-45(34-30-40)58(46-35-31-42(32-36-46)41-17-5-2-6-18-41)47-37-38-49-48-23-11-12-24-50(48)57(55(49)39-47)53-27-15-13-25-51(53)56(43-19-7-3-8-20-43,44-21-9-4-10-22-44)52-26-14-16-28-54(52)57;1-3-7-11-9(5-1)10-6-2-4-8-12(10)13-11/h2-9,11,13-21,23,25-39H,10,12,22,24H2,1H3;1-8H. The predicted molar refractivity (Wildman–Crippen MR) is 301 cm³/mol. The Hall–Kier alpha value is -8.04. The van der Waals surface area contributed by atoms with Crippen LogP contribution in [-0.2, 0) is 10.8 Å². The molecule has 0 fully saturated rings. The molecule has 0 amide bonds. The maximum absolute atomic E-state index is 2.54. The second-order valence-electron chi connectivity index (χ2n) is 19.4. The zero-order valence-corrected chi connectivity index (χ0v) is 40.7. The van der Waals surface area contributed by atoms with Crippen molar-refractivity contribution < 1.29 is 0 Å². The molecule has 0 saturated carbocycles. The highest BCUT2D eigenvalue weighted by molar-refractivity contribution is 7.25. The normalized spacial score (nSPS) is 18.3. The predicted octanol–water partition coefficient (Wildman–Crippen LogP) is 18.6.